The molecule has 1 atom stereocenters. The van der Waals surface area contributed by atoms with Gasteiger partial charge in [0.05, 0.1) is 19.7 Å². The van der Waals surface area contributed by atoms with Gasteiger partial charge in [-0.2, -0.15) is 0 Å². The molecule has 0 saturated carbocycles. The number of amides is 2. The van der Waals surface area contributed by atoms with Crippen molar-refractivity contribution in [3.05, 3.63) is 65.5 Å². The Labute approximate surface area is 175 Å². The van der Waals surface area contributed by atoms with Gasteiger partial charge in [0.25, 0.3) is 0 Å². The van der Waals surface area contributed by atoms with Gasteiger partial charge in [-0.15, -0.1) is 0 Å². The van der Waals surface area contributed by atoms with Crippen LogP contribution in [0.25, 0.3) is 0 Å². The van der Waals surface area contributed by atoms with Crippen LogP contribution in [0.3, 0.4) is 0 Å². The highest BCUT2D eigenvalue weighted by molar-refractivity contribution is 5.99. The van der Waals surface area contributed by atoms with E-state index in [4.69, 9.17) is 4.74 Å². The molecular weight excluding hydrogens is 387 g/mol. The predicted molar refractivity (Wildman–Crippen MR) is 110 cm³/mol. The van der Waals surface area contributed by atoms with Crippen LogP contribution in [-0.2, 0) is 9.59 Å². The summed E-state index contributed by atoms with van der Waals surface area (Å²) in [7, 11) is 1.54. The lowest BCUT2D eigenvalue weighted by molar-refractivity contribution is -0.134. The molecule has 1 aliphatic rings. The molecule has 0 radical (unpaired) electrons. The van der Waals surface area contributed by atoms with E-state index in [-0.39, 0.29) is 48.8 Å². The number of rotatable bonds is 8. The maximum absolute atomic E-state index is 13.2. The molecule has 30 heavy (non-hydrogen) atoms. The first-order valence-corrected chi connectivity index (χ1v) is 9.97. The van der Waals surface area contributed by atoms with Gasteiger partial charge in [-0.1, -0.05) is 12.1 Å². The van der Waals surface area contributed by atoms with Crippen LogP contribution in [0, 0.1) is 5.82 Å². The Balaban J connectivity index is 1.46. The fourth-order valence-electron chi connectivity index (χ4n) is 3.61. The second-order valence-corrected chi connectivity index (χ2v) is 7.23. The largest absolute Gasteiger partial charge is 0.497 e. The van der Waals surface area contributed by atoms with Gasteiger partial charge in [0.15, 0.2) is 5.78 Å². The fourth-order valence-corrected chi connectivity index (χ4v) is 3.61. The molecule has 2 amide bonds. The first-order valence-electron chi connectivity index (χ1n) is 9.97. The second-order valence-electron chi connectivity index (χ2n) is 7.23. The van der Waals surface area contributed by atoms with E-state index in [9.17, 15) is 18.8 Å². The minimum absolute atomic E-state index is 0.0152. The van der Waals surface area contributed by atoms with Crippen molar-refractivity contribution in [3.63, 3.8) is 0 Å². The number of hydrogen-bond acceptors (Lipinski definition) is 4. The molecule has 0 unspecified atom stereocenters. The van der Waals surface area contributed by atoms with Gasteiger partial charge in [-0.05, 0) is 54.8 Å². The van der Waals surface area contributed by atoms with Crippen LogP contribution in [0.2, 0.25) is 0 Å². The monoisotopic (exact) mass is 412 g/mol. The van der Waals surface area contributed by atoms with Gasteiger partial charge in [-0.3, -0.25) is 14.4 Å². The first-order chi connectivity index (χ1) is 14.5. The number of hydrogen-bond donors (Lipinski definition) is 1. The average molecular weight is 412 g/mol. The summed E-state index contributed by atoms with van der Waals surface area (Å²) < 4.78 is 18.2. The van der Waals surface area contributed by atoms with Gasteiger partial charge in [0.2, 0.25) is 11.8 Å². The molecule has 1 saturated heterocycles. The van der Waals surface area contributed by atoms with Gasteiger partial charge in [0, 0.05) is 24.9 Å². The summed E-state index contributed by atoms with van der Waals surface area (Å²) in [6.45, 7) is 0.500. The molecule has 158 valence electrons. The topological polar surface area (TPSA) is 75.7 Å². The van der Waals surface area contributed by atoms with E-state index in [1.165, 1.54) is 12.1 Å². The molecule has 1 fully saturated rings. The summed E-state index contributed by atoms with van der Waals surface area (Å²) in [5.74, 6) is -0.333. The molecule has 0 aliphatic carbocycles. The van der Waals surface area contributed by atoms with Crippen molar-refractivity contribution >= 4 is 17.6 Å². The third kappa shape index (κ3) is 5.43. The number of benzene rings is 2. The van der Waals surface area contributed by atoms with E-state index in [1.807, 2.05) is 0 Å². The zero-order valence-electron chi connectivity index (χ0n) is 16.9. The maximum atomic E-state index is 13.2. The highest BCUT2D eigenvalue weighted by Gasteiger charge is 2.29. The third-order valence-corrected chi connectivity index (χ3v) is 5.25. The molecule has 7 heteroatoms. The van der Waals surface area contributed by atoms with E-state index >= 15 is 0 Å². The molecule has 1 aliphatic heterocycles. The lowest BCUT2D eigenvalue weighted by Crippen LogP contribution is -2.33. The SMILES string of the molecule is COc1ccc(C(=O)CNC(=O)CCC(=O)N2CCC[C@@H]2c2ccc(F)cc2)cc1. The molecule has 1 heterocycles. The molecule has 2 aromatic carbocycles. The number of ether oxygens (including phenoxy) is 1. The summed E-state index contributed by atoms with van der Waals surface area (Å²) in [4.78, 5) is 38.6. The summed E-state index contributed by atoms with van der Waals surface area (Å²) in [5, 5.41) is 2.57. The van der Waals surface area contributed by atoms with Crippen LogP contribution < -0.4 is 10.1 Å². The number of likely N-dealkylation sites (tertiary alicyclic amines) is 1. The molecular formula is C23H25FN2O4. The zero-order valence-corrected chi connectivity index (χ0v) is 16.9. The van der Waals surface area contributed by atoms with E-state index in [0.717, 1.165) is 18.4 Å². The standard InChI is InChI=1S/C23H25FN2O4/c1-30-19-10-6-17(7-11-19)21(27)15-25-22(28)12-13-23(29)26-14-2-3-20(26)16-4-8-18(24)9-5-16/h4-11,20H,2-3,12-15H2,1H3,(H,25,28)/t20-/m1/s1. The minimum Gasteiger partial charge on any atom is -0.497 e. The Morgan fingerprint density at radius 1 is 1.07 bits per heavy atom. The molecule has 3 rings (SSSR count). The van der Waals surface area contributed by atoms with Crippen LogP contribution in [0.15, 0.2) is 48.5 Å². The fraction of sp³-hybridized carbons (Fsp3) is 0.348. The predicted octanol–water partition coefficient (Wildman–Crippen LogP) is 3.28. The number of halogens is 1. The van der Waals surface area contributed by atoms with Crippen LogP contribution >= 0.6 is 0 Å². The van der Waals surface area contributed by atoms with Crippen molar-refractivity contribution in [2.75, 3.05) is 20.2 Å². The van der Waals surface area contributed by atoms with E-state index in [1.54, 1.807) is 48.4 Å². The Bertz CT molecular complexity index is 896. The quantitative estimate of drug-likeness (QED) is 0.675. The van der Waals surface area contributed by atoms with E-state index < -0.39 is 0 Å². The number of Topliss-reactive ketones (excluding diaryl/α,β-unsaturated/α-hetero) is 1. The maximum Gasteiger partial charge on any atom is 0.223 e. The van der Waals surface area contributed by atoms with Gasteiger partial charge < -0.3 is 15.0 Å². The summed E-state index contributed by atoms with van der Waals surface area (Å²) in [5.41, 5.74) is 1.38. The van der Waals surface area contributed by atoms with Crippen molar-refractivity contribution in [2.24, 2.45) is 0 Å². The van der Waals surface area contributed by atoms with Crippen molar-refractivity contribution in [1.29, 1.82) is 0 Å². The van der Waals surface area contributed by atoms with Crippen LogP contribution in [-0.4, -0.2) is 42.7 Å². The Kier molecular flexibility index (Phi) is 7.17. The van der Waals surface area contributed by atoms with E-state index in [2.05, 4.69) is 5.32 Å². The van der Waals surface area contributed by atoms with E-state index in [0.29, 0.717) is 17.9 Å². The first kappa shape index (κ1) is 21.5. The molecule has 0 bridgehead atoms. The van der Waals surface area contributed by atoms with Crippen LogP contribution in [0.5, 0.6) is 5.75 Å². The summed E-state index contributed by atoms with van der Waals surface area (Å²) >= 11 is 0. The van der Waals surface area contributed by atoms with Gasteiger partial charge in [-0.25, -0.2) is 4.39 Å². The van der Waals surface area contributed by atoms with Crippen molar-refractivity contribution in [2.45, 2.75) is 31.7 Å². The van der Waals surface area contributed by atoms with Crippen molar-refractivity contribution < 1.29 is 23.5 Å². The lowest BCUT2D eigenvalue weighted by Gasteiger charge is -2.25. The lowest BCUT2D eigenvalue weighted by atomic mass is 10.0. The molecule has 6 nitrogen and oxygen atoms in total. The minimum atomic E-state index is -0.345. The number of carbonyl (C=O) groups is 3. The molecule has 0 aromatic heterocycles. The van der Waals surface area contributed by atoms with Crippen LogP contribution in [0.4, 0.5) is 4.39 Å². The number of carbonyl (C=O) groups excluding carboxylic acids is 3. The number of methoxy groups -OCH3 is 1. The summed E-state index contributed by atoms with van der Waals surface area (Å²) in [6, 6.07) is 12.7. The Hall–Kier alpha value is -3.22. The Morgan fingerprint density at radius 3 is 2.43 bits per heavy atom. The highest BCUT2D eigenvalue weighted by atomic mass is 19.1. The van der Waals surface area contributed by atoms with Gasteiger partial charge >= 0.3 is 0 Å². The number of ketones is 1. The molecule has 2 aromatic rings. The zero-order chi connectivity index (χ0) is 21.5. The van der Waals surface area contributed by atoms with Crippen molar-refractivity contribution in [1.82, 2.24) is 10.2 Å². The smallest absolute Gasteiger partial charge is 0.223 e. The van der Waals surface area contributed by atoms with Crippen molar-refractivity contribution in [3.8, 4) is 5.75 Å². The Morgan fingerprint density at radius 2 is 1.77 bits per heavy atom. The van der Waals surface area contributed by atoms with Gasteiger partial charge in [0.1, 0.15) is 11.6 Å². The molecule has 1 N–H and O–H groups in total. The third-order valence-electron chi connectivity index (χ3n) is 5.25. The molecule has 0 spiro atoms. The van der Waals surface area contributed by atoms with Crippen LogP contribution in [0.1, 0.15) is 47.6 Å². The summed E-state index contributed by atoms with van der Waals surface area (Å²) in [6.07, 6.45) is 1.78. The highest BCUT2D eigenvalue weighted by Crippen LogP contribution is 2.32. The number of nitrogens with one attached hydrogen (secondary N) is 1. The normalized spacial score (nSPS) is 15.7. The second kappa shape index (κ2) is 10.0. The average Bonchev–Trinajstić information content (AvgIpc) is 3.26. The number of nitrogens with zero attached hydrogens (tertiary/aromatic N) is 1.